The first-order valence-electron chi connectivity index (χ1n) is 12.1. The Hall–Kier alpha value is -3.60. The zero-order valence-corrected chi connectivity index (χ0v) is 20.2. The van der Waals surface area contributed by atoms with Crippen molar-refractivity contribution in [2.75, 3.05) is 7.11 Å². The molecule has 35 heavy (non-hydrogen) atoms. The first kappa shape index (κ1) is 24.5. The third-order valence-electron chi connectivity index (χ3n) is 6.50. The van der Waals surface area contributed by atoms with Gasteiger partial charge in [-0.15, -0.1) is 0 Å². The Morgan fingerprint density at radius 3 is 2.60 bits per heavy atom. The highest BCUT2D eigenvalue weighted by atomic mass is 19.1. The number of halogens is 1. The monoisotopic (exact) mass is 474 g/mol. The van der Waals surface area contributed by atoms with Crippen LogP contribution in [-0.2, 0) is 11.4 Å². The van der Waals surface area contributed by atoms with E-state index in [4.69, 9.17) is 14.6 Å². The molecule has 0 fully saturated rings. The van der Waals surface area contributed by atoms with Crippen molar-refractivity contribution < 1.29 is 23.8 Å². The van der Waals surface area contributed by atoms with E-state index in [1.54, 1.807) is 19.2 Å². The highest BCUT2D eigenvalue weighted by molar-refractivity contribution is 5.82. The van der Waals surface area contributed by atoms with E-state index in [0.29, 0.717) is 23.7 Å². The third kappa shape index (κ3) is 6.10. The van der Waals surface area contributed by atoms with E-state index >= 15 is 0 Å². The van der Waals surface area contributed by atoms with Gasteiger partial charge in [0.1, 0.15) is 23.9 Å². The number of carbonyl (C=O) groups is 1. The van der Waals surface area contributed by atoms with Gasteiger partial charge in [0.25, 0.3) is 0 Å². The van der Waals surface area contributed by atoms with Crippen molar-refractivity contribution in [2.45, 2.75) is 51.6 Å². The molecule has 0 radical (unpaired) electrons. The summed E-state index contributed by atoms with van der Waals surface area (Å²) < 4.78 is 26.3. The van der Waals surface area contributed by atoms with E-state index in [0.717, 1.165) is 41.5 Å². The second-order valence-electron chi connectivity index (χ2n) is 9.06. The summed E-state index contributed by atoms with van der Waals surface area (Å²) in [6.07, 6.45) is 6.62. The number of hydrogen-bond donors (Lipinski definition) is 1. The average molecular weight is 475 g/mol. The smallest absolute Gasteiger partial charge is 0.303 e. The van der Waals surface area contributed by atoms with Crippen LogP contribution < -0.4 is 9.47 Å². The quantitative estimate of drug-likeness (QED) is 0.347. The Labute approximate surface area is 206 Å². The van der Waals surface area contributed by atoms with Crippen molar-refractivity contribution in [3.63, 3.8) is 0 Å². The molecule has 3 aromatic rings. The van der Waals surface area contributed by atoms with Gasteiger partial charge >= 0.3 is 5.97 Å². The van der Waals surface area contributed by atoms with Crippen molar-refractivity contribution in [1.82, 2.24) is 0 Å². The van der Waals surface area contributed by atoms with Crippen LogP contribution in [0.25, 0.3) is 16.7 Å². The maximum absolute atomic E-state index is 14.9. The van der Waals surface area contributed by atoms with Gasteiger partial charge in [-0.25, -0.2) is 4.39 Å². The van der Waals surface area contributed by atoms with Crippen LogP contribution >= 0.6 is 0 Å². The highest BCUT2D eigenvalue weighted by Crippen LogP contribution is 2.37. The molecule has 0 aromatic heterocycles. The van der Waals surface area contributed by atoms with Gasteiger partial charge in [0.05, 0.1) is 13.5 Å². The molecule has 0 saturated carbocycles. The number of carboxylic acid groups (broad SMARTS) is 1. The summed E-state index contributed by atoms with van der Waals surface area (Å²) >= 11 is 0. The number of methoxy groups -OCH3 is 1. The van der Waals surface area contributed by atoms with E-state index in [2.05, 4.69) is 12.1 Å². The van der Waals surface area contributed by atoms with Crippen molar-refractivity contribution in [3.8, 4) is 22.6 Å². The van der Waals surface area contributed by atoms with Crippen LogP contribution in [0.15, 0.2) is 66.7 Å². The molecule has 0 unspecified atom stereocenters. The minimum atomic E-state index is -0.819. The summed E-state index contributed by atoms with van der Waals surface area (Å²) in [6.45, 7) is 2.26. The molecule has 0 saturated heterocycles. The molecule has 0 heterocycles. The van der Waals surface area contributed by atoms with Gasteiger partial charge in [-0.2, -0.15) is 0 Å². The maximum Gasteiger partial charge on any atom is 0.303 e. The van der Waals surface area contributed by atoms with Gasteiger partial charge in [-0.05, 0) is 95.8 Å². The predicted octanol–water partition coefficient (Wildman–Crippen LogP) is 7.62. The molecule has 0 amide bonds. The van der Waals surface area contributed by atoms with Gasteiger partial charge in [0.15, 0.2) is 0 Å². The van der Waals surface area contributed by atoms with Crippen LogP contribution in [0.3, 0.4) is 0 Å². The van der Waals surface area contributed by atoms with Crippen LogP contribution in [-0.4, -0.2) is 18.2 Å². The first-order chi connectivity index (χ1) is 16.9. The SMILES string of the molecule is COc1ccc(F)c(-c2ccc(COc3cccc([C@@H](C)CC(=O)O)c3)cc2C2=CCCCC2)c1. The van der Waals surface area contributed by atoms with Crippen molar-refractivity contribution in [1.29, 1.82) is 0 Å². The Morgan fingerprint density at radius 2 is 1.86 bits per heavy atom. The largest absolute Gasteiger partial charge is 0.497 e. The molecule has 3 aromatic carbocycles. The zero-order chi connectivity index (χ0) is 24.8. The lowest BCUT2D eigenvalue weighted by Crippen LogP contribution is -2.04. The second-order valence-corrected chi connectivity index (χ2v) is 9.06. The zero-order valence-electron chi connectivity index (χ0n) is 20.2. The molecule has 0 aliphatic heterocycles. The van der Waals surface area contributed by atoms with Crippen molar-refractivity contribution >= 4 is 11.5 Å². The summed E-state index contributed by atoms with van der Waals surface area (Å²) in [7, 11) is 1.58. The molecule has 5 heteroatoms. The topological polar surface area (TPSA) is 55.8 Å². The molecule has 0 spiro atoms. The highest BCUT2D eigenvalue weighted by Gasteiger charge is 2.17. The maximum atomic E-state index is 14.9. The van der Waals surface area contributed by atoms with Crippen LogP contribution in [0.5, 0.6) is 11.5 Å². The van der Waals surface area contributed by atoms with E-state index < -0.39 is 5.97 Å². The number of carboxylic acids is 1. The Kier molecular flexibility index (Phi) is 7.86. The van der Waals surface area contributed by atoms with Crippen molar-refractivity contribution in [2.24, 2.45) is 0 Å². The Bertz CT molecular complexity index is 1230. The molecule has 0 bridgehead atoms. The normalized spacial score (nSPS) is 14.2. The Morgan fingerprint density at radius 1 is 1.00 bits per heavy atom. The van der Waals surface area contributed by atoms with Crippen LogP contribution in [0.1, 0.15) is 61.6 Å². The number of hydrogen-bond acceptors (Lipinski definition) is 3. The number of allylic oxidation sites excluding steroid dienone is 2. The summed E-state index contributed by atoms with van der Waals surface area (Å²) in [5.41, 5.74) is 5.56. The number of ether oxygens (including phenoxy) is 2. The van der Waals surface area contributed by atoms with E-state index in [1.807, 2.05) is 43.3 Å². The Balaban J connectivity index is 1.62. The summed E-state index contributed by atoms with van der Waals surface area (Å²) in [5, 5.41) is 9.08. The molecule has 4 nitrogen and oxygen atoms in total. The fraction of sp³-hybridized carbons (Fsp3) is 0.300. The minimum absolute atomic E-state index is 0.0736. The average Bonchev–Trinajstić information content (AvgIpc) is 2.88. The van der Waals surface area contributed by atoms with Crippen LogP contribution in [0.4, 0.5) is 4.39 Å². The first-order valence-corrected chi connectivity index (χ1v) is 12.1. The van der Waals surface area contributed by atoms with Crippen LogP contribution in [0.2, 0.25) is 0 Å². The van der Waals surface area contributed by atoms with Gasteiger partial charge in [-0.3, -0.25) is 4.79 Å². The molecular formula is C30H31FO4. The fourth-order valence-corrected chi connectivity index (χ4v) is 4.56. The van der Waals surface area contributed by atoms with Crippen molar-refractivity contribution in [3.05, 3.63) is 89.2 Å². The van der Waals surface area contributed by atoms with E-state index in [9.17, 15) is 9.18 Å². The molecule has 1 aliphatic carbocycles. The van der Waals surface area contributed by atoms with Gasteiger partial charge in [-0.1, -0.05) is 37.3 Å². The van der Waals surface area contributed by atoms with E-state index in [-0.39, 0.29) is 18.2 Å². The third-order valence-corrected chi connectivity index (χ3v) is 6.50. The standard InChI is InChI=1S/C30H31FO4/c1-20(15-30(32)33)23-9-6-10-25(17-23)35-19-21-11-13-26(27(16-21)22-7-4-3-5-8-22)28-18-24(34-2)12-14-29(28)31/h6-7,9-14,16-18,20H,3-5,8,15,19H2,1-2H3,(H,32,33)/t20-/m0/s1. The number of benzene rings is 3. The minimum Gasteiger partial charge on any atom is -0.497 e. The molecule has 182 valence electrons. The van der Waals surface area contributed by atoms with Gasteiger partial charge in [0, 0.05) is 5.56 Å². The predicted molar refractivity (Wildman–Crippen MR) is 136 cm³/mol. The van der Waals surface area contributed by atoms with Crippen LogP contribution in [0, 0.1) is 5.82 Å². The fourth-order valence-electron chi connectivity index (χ4n) is 4.56. The second kappa shape index (κ2) is 11.2. The molecule has 1 N–H and O–H groups in total. The molecule has 1 atom stereocenters. The number of rotatable bonds is 9. The summed E-state index contributed by atoms with van der Waals surface area (Å²) in [5.74, 6) is 0.120. The lowest BCUT2D eigenvalue weighted by Gasteiger charge is -2.19. The van der Waals surface area contributed by atoms with Gasteiger partial charge < -0.3 is 14.6 Å². The number of aliphatic carboxylic acids is 1. The lowest BCUT2D eigenvalue weighted by atomic mass is 9.87. The van der Waals surface area contributed by atoms with E-state index in [1.165, 1.54) is 18.1 Å². The molecular weight excluding hydrogens is 443 g/mol. The summed E-state index contributed by atoms with van der Waals surface area (Å²) in [4.78, 5) is 11.1. The molecule has 1 aliphatic rings. The van der Waals surface area contributed by atoms with Gasteiger partial charge in [0.2, 0.25) is 0 Å². The molecule has 4 rings (SSSR count). The summed E-state index contributed by atoms with van der Waals surface area (Å²) in [6, 6.07) is 18.4. The lowest BCUT2D eigenvalue weighted by molar-refractivity contribution is -0.137.